The van der Waals surface area contributed by atoms with Gasteiger partial charge in [0.1, 0.15) is 5.76 Å². The Hall–Kier alpha value is -0.360. The summed E-state index contributed by atoms with van der Waals surface area (Å²) in [5.41, 5.74) is -0.529. The Morgan fingerprint density at radius 1 is 1.39 bits per heavy atom. The lowest BCUT2D eigenvalue weighted by Gasteiger charge is -2.28. The summed E-state index contributed by atoms with van der Waals surface area (Å²) in [6.07, 6.45) is 0. The molecule has 1 unspecified atom stereocenters. The van der Waals surface area contributed by atoms with Crippen LogP contribution >= 0.6 is 15.9 Å². The van der Waals surface area contributed by atoms with Gasteiger partial charge in [-0.25, -0.2) is 0 Å². The Balaban J connectivity index is 2.55. The Labute approximate surface area is 117 Å². The van der Waals surface area contributed by atoms with Crippen molar-refractivity contribution in [3.8, 4) is 0 Å². The van der Waals surface area contributed by atoms with E-state index in [2.05, 4.69) is 40.0 Å². The molecule has 2 N–H and O–H groups in total. The van der Waals surface area contributed by atoms with E-state index in [0.29, 0.717) is 4.67 Å². The Morgan fingerprint density at radius 3 is 2.50 bits per heavy atom. The van der Waals surface area contributed by atoms with E-state index in [1.807, 2.05) is 19.1 Å². The SMILES string of the molecule is CCN(CC)CCNC(C)(CO)c1ccc(Br)o1. The van der Waals surface area contributed by atoms with E-state index >= 15 is 0 Å². The molecule has 5 heteroatoms. The lowest BCUT2D eigenvalue weighted by atomic mass is 10.0. The molecule has 1 atom stereocenters. The molecule has 1 aromatic rings. The second kappa shape index (κ2) is 7.28. The molecule has 104 valence electrons. The van der Waals surface area contributed by atoms with Crippen LogP contribution in [0.4, 0.5) is 0 Å². The van der Waals surface area contributed by atoms with Gasteiger partial charge in [-0.3, -0.25) is 0 Å². The highest BCUT2D eigenvalue weighted by molar-refractivity contribution is 9.10. The fraction of sp³-hybridized carbons (Fsp3) is 0.692. The minimum atomic E-state index is -0.529. The summed E-state index contributed by atoms with van der Waals surface area (Å²) in [6.45, 7) is 10.1. The maximum Gasteiger partial charge on any atom is 0.169 e. The van der Waals surface area contributed by atoms with E-state index in [0.717, 1.165) is 31.9 Å². The molecule has 0 bridgehead atoms. The minimum absolute atomic E-state index is 0.00516. The van der Waals surface area contributed by atoms with Crippen LogP contribution in [0.5, 0.6) is 0 Å². The van der Waals surface area contributed by atoms with Crippen LogP contribution in [0, 0.1) is 0 Å². The summed E-state index contributed by atoms with van der Waals surface area (Å²) < 4.78 is 6.21. The molecule has 0 aliphatic heterocycles. The van der Waals surface area contributed by atoms with Crippen LogP contribution in [-0.2, 0) is 5.54 Å². The summed E-state index contributed by atoms with van der Waals surface area (Å²) in [5, 5.41) is 12.9. The molecule has 0 saturated carbocycles. The summed E-state index contributed by atoms with van der Waals surface area (Å²) >= 11 is 3.28. The molecule has 0 aromatic carbocycles. The molecule has 0 saturated heterocycles. The van der Waals surface area contributed by atoms with Crippen molar-refractivity contribution in [2.75, 3.05) is 32.8 Å². The summed E-state index contributed by atoms with van der Waals surface area (Å²) in [5.74, 6) is 0.747. The lowest BCUT2D eigenvalue weighted by molar-refractivity contribution is 0.146. The molecule has 4 nitrogen and oxygen atoms in total. The van der Waals surface area contributed by atoms with Crippen molar-refractivity contribution in [2.45, 2.75) is 26.3 Å². The second-order valence-electron chi connectivity index (χ2n) is 4.55. The minimum Gasteiger partial charge on any atom is -0.452 e. The zero-order valence-electron chi connectivity index (χ0n) is 11.4. The maximum absolute atomic E-state index is 9.58. The standard InChI is InChI=1S/C13H23BrN2O2/c1-4-16(5-2)9-8-15-13(3,10-17)11-6-7-12(14)18-11/h6-7,15,17H,4-5,8-10H2,1-3H3. The zero-order valence-corrected chi connectivity index (χ0v) is 13.0. The molecule has 0 amide bonds. The maximum atomic E-state index is 9.58. The van der Waals surface area contributed by atoms with Gasteiger partial charge in [-0.1, -0.05) is 13.8 Å². The fourth-order valence-electron chi connectivity index (χ4n) is 1.86. The van der Waals surface area contributed by atoms with Crippen LogP contribution in [-0.4, -0.2) is 42.8 Å². The highest BCUT2D eigenvalue weighted by atomic mass is 79.9. The third-order valence-electron chi connectivity index (χ3n) is 3.27. The average molecular weight is 319 g/mol. The predicted molar refractivity (Wildman–Crippen MR) is 76.6 cm³/mol. The van der Waals surface area contributed by atoms with Crippen molar-refractivity contribution in [3.05, 3.63) is 22.6 Å². The Bertz CT molecular complexity index is 353. The van der Waals surface area contributed by atoms with Gasteiger partial charge in [0.15, 0.2) is 4.67 Å². The average Bonchev–Trinajstić information content (AvgIpc) is 2.81. The normalized spacial score (nSPS) is 15.0. The van der Waals surface area contributed by atoms with Crippen LogP contribution in [0.25, 0.3) is 0 Å². The van der Waals surface area contributed by atoms with Gasteiger partial charge in [-0.15, -0.1) is 0 Å². The second-order valence-corrected chi connectivity index (χ2v) is 5.33. The number of hydrogen-bond acceptors (Lipinski definition) is 4. The molecular weight excluding hydrogens is 296 g/mol. The summed E-state index contributed by atoms with van der Waals surface area (Å²) in [6, 6.07) is 3.72. The lowest BCUT2D eigenvalue weighted by Crippen LogP contribution is -2.46. The van der Waals surface area contributed by atoms with Crippen LogP contribution in [0.2, 0.25) is 0 Å². The fourth-order valence-corrected chi connectivity index (χ4v) is 2.17. The third-order valence-corrected chi connectivity index (χ3v) is 3.70. The molecule has 0 spiro atoms. The number of nitrogens with zero attached hydrogens (tertiary/aromatic N) is 1. The summed E-state index contributed by atoms with van der Waals surface area (Å²) in [7, 11) is 0. The number of halogens is 1. The van der Waals surface area contributed by atoms with E-state index in [1.165, 1.54) is 0 Å². The van der Waals surface area contributed by atoms with Gasteiger partial charge in [0, 0.05) is 13.1 Å². The van der Waals surface area contributed by atoms with Crippen molar-refractivity contribution in [1.82, 2.24) is 10.2 Å². The van der Waals surface area contributed by atoms with E-state index in [9.17, 15) is 5.11 Å². The quantitative estimate of drug-likeness (QED) is 0.771. The van der Waals surface area contributed by atoms with E-state index in [4.69, 9.17) is 4.42 Å². The number of furan rings is 1. The molecular formula is C13H23BrN2O2. The van der Waals surface area contributed by atoms with E-state index in [1.54, 1.807) is 0 Å². The molecule has 1 aromatic heterocycles. The third kappa shape index (κ3) is 4.09. The molecule has 0 fully saturated rings. The first kappa shape index (κ1) is 15.7. The van der Waals surface area contributed by atoms with Crippen molar-refractivity contribution in [3.63, 3.8) is 0 Å². The largest absolute Gasteiger partial charge is 0.452 e. The van der Waals surface area contributed by atoms with Crippen molar-refractivity contribution in [1.29, 1.82) is 0 Å². The van der Waals surface area contributed by atoms with Crippen molar-refractivity contribution in [2.24, 2.45) is 0 Å². The Morgan fingerprint density at radius 2 is 2.06 bits per heavy atom. The number of likely N-dealkylation sites (N-methyl/N-ethyl adjacent to an activating group) is 1. The van der Waals surface area contributed by atoms with E-state index < -0.39 is 5.54 Å². The molecule has 0 aliphatic carbocycles. The first-order chi connectivity index (χ1) is 8.55. The first-order valence-electron chi connectivity index (χ1n) is 6.39. The monoisotopic (exact) mass is 318 g/mol. The van der Waals surface area contributed by atoms with Crippen LogP contribution in [0.15, 0.2) is 21.2 Å². The van der Waals surface area contributed by atoms with Crippen LogP contribution < -0.4 is 5.32 Å². The molecule has 1 rings (SSSR count). The van der Waals surface area contributed by atoms with Gasteiger partial charge in [-0.2, -0.15) is 0 Å². The smallest absolute Gasteiger partial charge is 0.169 e. The number of rotatable bonds is 8. The highest BCUT2D eigenvalue weighted by Crippen LogP contribution is 2.25. The number of aliphatic hydroxyl groups is 1. The molecule has 0 radical (unpaired) electrons. The van der Waals surface area contributed by atoms with Crippen molar-refractivity contribution >= 4 is 15.9 Å². The van der Waals surface area contributed by atoms with Crippen molar-refractivity contribution < 1.29 is 9.52 Å². The number of hydrogen-bond donors (Lipinski definition) is 2. The van der Waals surface area contributed by atoms with E-state index in [-0.39, 0.29) is 6.61 Å². The van der Waals surface area contributed by atoms with Crippen LogP contribution in [0.1, 0.15) is 26.5 Å². The molecule has 0 aliphatic rings. The summed E-state index contributed by atoms with van der Waals surface area (Å²) in [4.78, 5) is 2.34. The first-order valence-corrected chi connectivity index (χ1v) is 7.19. The van der Waals surface area contributed by atoms with Gasteiger partial charge in [0.2, 0.25) is 0 Å². The number of aliphatic hydroxyl groups excluding tert-OH is 1. The predicted octanol–water partition coefficient (Wildman–Crippen LogP) is 2.18. The van der Waals surface area contributed by atoms with Gasteiger partial charge in [0.05, 0.1) is 12.1 Å². The number of nitrogens with one attached hydrogen (secondary N) is 1. The van der Waals surface area contributed by atoms with Gasteiger partial charge in [0.25, 0.3) is 0 Å². The van der Waals surface area contributed by atoms with Gasteiger partial charge < -0.3 is 19.7 Å². The molecule has 18 heavy (non-hydrogen) atoms. The topological polar surface area (TPSA) is 48.6 Å². The highest BCUT2D eigenvalue weighted by Gasteiger charge is 2.28. The van der Waals surface area contributed by atoms with Gasteiger partial charge >= 0.3 is 0 Å². The van der Waals surface area contributed by atoms with Gasteiger partial charge in [-0.05, 0) is 48.1 Å². The molecule has 1 heterocycles. The Kier molecular flexibility index (Phi) is 6.35. The van der Waals surface area contributed by atoms with Crippen LogP contribution in [0.3, 0.4) is 0 Å². The zero-order chi connectivity index (χ0) is 13.6.